The molecule has 1 aliphatic rings. The molecule has 0 radical (unpaired) electrons. The van der Waals surface area contributed by atoms with Gasteiger partial charge in [-0.3, -0.25) is 0 Å². The summed E-state index contributed by atoms with van der Waals surface area (Å²) in [5.41, 5.74) is 1.45. The van der Waals surface area contributed by atoms with Crippen molar-refractivity contribution in [2.75, 3.05) is 26.8 Å². The summed E-state index contributed by atoms with van der Waals surface area (Å²) in [4.78, 5) is 0. The highest BCUT2D eigenvalue weighted by Gasteiger charge is 2.35. The Hall–Kier alpha value is -0.580. The van der Waals surface area contributed by atoms with Crippen molar-refractivity contribution >= 4 is 15.9 Å². The highest BCUT2D eigenvalue weighted by Crippen LogP contribution is 2.39. The van der Waals surface area contributed by atoms with Gasteiger partial charge in [-0.25, -0.2) is 0 Å². The van der Waals surface area contributed by atoms with Crippen LogP contribution >= 0.6 is 15.9 Å². The average Bonchev–Trinajstić information content (AvgIpc) is 2.37. The highest BCUT2D eigenvalue weighted by atomic mass is 79.9. The van der Waals surface area contributed by atoms with E-state index in [0.717, 1.165) is 42.6 Å². The fourth-order valence-corrected chi connectivity index (χ4v) is 3.11. The normalized spacial score (nSPS) is 17.0. The Morgan fingerprint density at radius 1 is 1.42 bits per heavy atom. The van der Waals surface area contributed by atoms with Gasteiger partial charge < -0.3 is 15.2 Å². The van der Waals surface area contributed by atoms with E-state index in [4.69, 9.17) is 4.74 Å². The molecule has 19 heavy (non-hydrogen) atoms. The Morgan fingerprint density at radius 3 is 2.74 bits per heavy atom. The van der Waals surface area contributed by atoms with E-state index in [9.17, 15) is 5.11 Å². The van der Waals surface area contributed by atoms with Crippen LogP contribution in [-0.2, 0) is 6.42 Å². The standard InChI is InChI=1S/C15H22BrNO2/c1-19-14-4-3-12(9-13(14)16)5-8-17-10-15(11-18)6-2-7-15/h3-4,9,17-18H,2,5-8,10-11H2,1H3. The molecule has 0 bridgehead atoms. The van der Waals surface area contributed by atoms with Crippen LogP contribution in [-0.4, -0.2) is 31.9 Å². The van der Waals surface area contributed by atoms with Gasteiger partial charge in [-0.1, -0.05) is 12.5 Å². The zero-order chi connectivity index (χ0) is 13.7. The molecule has 1 fully saturated rings. The van der Waals surface area contributed by atoms with Crippen molar-refractivity contribution in [3.63, 3.8) is 0 Å². The number of aliphatic hydroxyl groups is 1. The van der Waals surface area contributed by atoms with Gasteiger partial charge in [0.05, 0.1) is 11.6 Å². The predicted octanol–water partition coefficient (Wildman–Crippen LogP) is 2.75. The molecule has 0 unspecified atom stereocenters. The maximum Gasteiger partial charge on any atom is 0.133 e. The van der Waals surface area contributed by atoms with Gasteiger partial charge in [0.2, 0.25) is 0 Å². The molecule has 0 aliphatic heterocycles. The minimum absolute atomic E-state index is 0.167. The summed E-state index contributed by atoms with van der Waals surface area (Å²) in [5.74, 6) is 0.866. The Labute approximate surface area is 123 Å². The first-order chi connectivity index (χ1) is 9.19. The molecule has 1 saturated carbocycles. The van der Waals surface area contributed by atoms with E-state index < -0.39 is 0 Å². The number of hydrogen-bond donors (Lipinski definition) is 2. The van der Waals surface area contributed by atoms with Crippen LogP contribution in [0.25, 0.3) is 0 Å². The predicted molar refractivity (Wildman–Crippen MR) is 80.6 cm³/mol. The summed E-state index contributed by atoms with van der Waals surface area (Å²) in [6.07, 6.45) is 4.56. The summed E-state index contributed by atoms with van der Waals surface area (Å²) in [5, 5.41) is 12.9. The molecule has 2 N–H and O–H groups in total. The van der Waals surface area contributed by atoms with Gasteiger partial charge in [0, 0.05) is 18.6 Å². The fourth-order valence-electron chi connectivity index (χ4n) is 2.52. The van der Waals surface area contributed by atoms with E-state index in [0.29, 0.717) is 6.61 Å². The van der Waals surface area contributed by atoms with Gasteiger partial charge in [0.25, 0.3) is 0 Å². The number of rotatable bonds is 7. The molecule has 3 nitrogen and oxygen atoms in total. The lowest BCUT2D eigenvalue weighted by atomic mass is 9.69. The zero-order valence-electron chi connectivity index (χ0n) is 11.4. The topological polar surface area (TPSA) is 41.5 Å². The van der Waals surface area contributed by atoms with Gasteiger partial charge in [-0.2, -0.15) is 0 Å². The highest BCUT2D eigenvalue weighted by molar-refractivity contribution is 9.10. The third kappa shape index (κ3) is 3.71. The minimum Gasteiger partial charge on any atom is -0.496 e. The van der Waals surface area contributed by atoms with Gasteiger partial charge in [0.1, 0.15) is 5.75 Å². The van der Waals surface area contributed by atoms with Gasteiger partial charge in [-0.05, 0) is 59.4 Å². The Kier molecular flexibility index (Phi) is 5.25. The van der Waals surface area contributed by atoms with E-state index in [1.165, 1.54) is 12.0 Å². The van der Waals surface area contributed by atoms with E-state index in [2.05, 4.69) is 33.4 Å². The van der Waals surface area contributed by atoms with Crippen LogP contribution < -0.4 is 10.1 Å². The summed E-state index contributed by atoms with van der Waals surface area (Å²) < 4.78 is 6.22. The van der Waals surface area contributed by atoms with Crippen molar-refractivity contribution in [2.24, 2.45) is 5.41 Å². The molecule has 0 amide bonds. The minimum atomic E-state index is 0.167. The number of benzene rings is 1. The molecule has 106 valence electrons. The number of nitrogens with one attached hydrogen (secondary N) is 1. The van der Waals surface area contributed by atoms with E-state index in [-0.39, 0.29) is 5.41 Å². The van der Waals surface area contributed by atoms with E-state index >= 15 is 0 Å². The molecule has 0 atom stereocenters. The average molecular weight is 328 g/mol. The first-order valence-corrected chi connectivity index (χ1v) is 7.62. The lowest BCUT2D eigenvalue weighted by Gasteiger charge is -2.40. The fraction of sp³-hybridized carbons (Fsp3) is 0.600. The van der Waals surface area contributed by atoms with Crippen LogP contribution in [0, 0.1) is 5.41 Å². The van der Waals surface area contributed by atoms with Crippen LogP contribution in [0.15, 0.2) is 22.7 Å². The molecule has 1 aliphatic carbocycles. The molecule has 0 saturated heterocycles. The monoisotopic (exact) mass is 327 g/mol. The van der Waals surface area contributed by atoms with Crippen LogP contribution in [0.3, 0.4) is 0 Å². The van der Waals surface area contributed by atoms with Crippen molar-refractivity contribution in [3.8, 4) is 5.75 Å². The van der Waals surface area contributed by atoms with E-state index in [1.807, 2.05) is 6.07 Å². The molecule has 2 rings (SSSR count). The van der Waals surface area contributed by atoms with Gasteiger partial charge in [-0.15, -0.1) is 0 Å². The molecule has 1 aromatic carbocycles. The number of halogens is 1. The SMILES string of the molecule is COc1ccc(CCNCC2(CO)CCC2)cc1Br. The number of aliphatic hydroxyl groups excluding tert-OH is 1. The Bertz CT molecular complexity index is 413. The van der Waals surface area contributed by atoms with Gasteiger partial charge >= 0.3 is 0 Å². The van der Waals surface area contributed by atoms with Crippen molar-refractivity contribution in [1.82, 2.24) is 5.32 Å². The van der Waals surface area contributed by atoms with Crippen LogP contribution in [0.5, 0.6) is 5.75 Å². The van der Waals surface area contributed by atoms with Crippen LogP contribution in [0.2, 0.25) is 0 Å². The van der Waals surface area contributed by atoms with Crippen molar-refractivity contribution in [3.05, 3.63) is 28.2 Å². The quantitative estimate of drug-likeness (QED) is 0.756. The molecule has 0 heterocycles. The molecule has 4 heteroatoms. The first kappa shape index (κ1) is 14.8. The lowest BCUT2D eigenvalue weighted by Crippen LogP contribution is -2.43. The molecular weight excluding hydrogens is 306 g/mol. The maximum atomic E-state index is 9.39. The number of ether oxygens (including phenoxy) is 1. The molecule has 1 aromatic rings. The Morgan fingerprint density at radius 2 is 2.21 bits per heavy atom. The second kappa shape index (κ2) is 6.73. The summed E-state index contributed by atoms with van der Waals surface area (Å²) >= 11 is 3.50. The van der Waals surface area contributed by atoms with Gasteiger partial charge in [0.15, 0.2) is 0 Å². The smallest absolute Gasteiger partial charge is 0.133 e. The number of hydrogen-bond acceptors (Lipinski definition) is 3. The Balaban J connectivity index is 1.75. The van der Waals surface area contributed by atoms with Crippen molar-refractivity contribution < 1.29 is 9.84 Å². The number of methoxy groups -OCH3 is 1. The largest absolute Gasteiger partial charge is 0.496 e. The molecule has 0 aromatic heterocycles. The van der Waals surface area contributed by atoms with E-state index in [1.54, 1.807) is 7.11 Å². The summed E-state index contributed by atoms with van der Waals surface area (Å²) in [6.45, 7) is 2.19. The molecular formula is C15H22BrNO2. The third-order valence-electron chi connectivity index (χ3n) is 4.06. The summed E-state index contributed by atoms with van der Waals surface area (Å²) in [7, 11) is 1.67. The maximum absolute atomic E-state index is 9.39. The van der Waals surface area contributed by atoms with Crippen molar-refractivity contribution in [2.45, 2.75) is 25.7 Å². The second-order valence-electron chi connectivity index (χ2n) is 5.41. The van der Waals surface area contributed by atoms with Crippen molar-refractivity contribution in [1.29, 1.82) is 0 Å². The zero-order valence-corrected chi connectivity index (χ0v) is 13.0. The third-order valence-corrected chi connectivity index (χ3v) is 4.68. The van der Waals surface area contributed by atoms with Crippen LogP contribution in [0.4, 0.5) is 0 Å². The van der Waals surface area contributed by atoms with Crippen LogP contribution in [0.1, 0.15) is 24.8 Å². The summed E-state index contributed by atoms with van der Waals surface area (Å²) in [6, 6.07) is 6.18. The first-order valence-electron chi connectivity index (χ1n) is 6.83. The second-order valence-corrected chi connectivity index (χ2v) is 6.26. The molecule has 0 spiro atoms. The lowest BCUT2D eigenvalue weighted by molar-refractivity contribution is 0.0451.